The van der Waals surface area contributed by atoms with Crippen molar-refractivity contribution in [1.82, 2.24) is 10.2 Å². The zero-order valence-electron chi connectivity index (χ0n) is 10.7. The van der Waals surface area contributed by atoms with Gasteiger partial charge in [0, 0.05) is 11.4 Å². The van der Waals surface area contributed by atoms with Crippen LogP contribution in [0.3, 0.4) is 0 Å². The van der Waals surface area contributed by atoms with Crippen LogP contribution in [0, 0.1) is 6.92 Å². The second-order valence-corrected chi connectivity index (χ2v) is 5.84. The molecule has 0 bridgehead atoms. The third-order valence-electron chi connectivity index (χ3n) is 3.26. The molecule has 1 unspecified atom stereocenters. The molecule has 1 saturated heterocycles. The molecule has 0 aromatic carbocycles. The fraction of sp³-hybridized carbons (Fsp3) is 0.615. The zero-order valence-corrected chi connectivity index (χ0v) is 11.5. The van der Waals surface area contributed by atoms with Gasteiger partial charge in [-0.25, -0.2) is 0 Å². The molecule has 1 aliphatic rings. The van der Waals surface area contributed by atoms with Gasteiger partial charge < -0.3 is 10.4 Å². The first-order valence-corrected chi connectivity index (χ1v) is 7.23. The number of nitrogens with zero attached hydrogens (tertiary/aromatic N) is 1. The number of β-amino-alcohol motifs (C(OH)–C–C–N with tert-alkyl or cyclic N) is 1. The molecule has 1 aliphatic heterocycles. The van der Waals surface area contributed by atoms with Crippen LogP contribution >= 0.6 is 11.3 Å². The maximum Gasteiger partial charge on any atom is 0.234 e. The molecule has 2 N–H and O–H groups in total. The third-order valence-corrected chi connectivity index (χ3v) is 4.29. The van der Waals surface area contributed by atoms with E-state index in [1.165, 1.54) is 10.4 Å². The molecule has 0 aliphatic carbocycles. The minimum Gasteiger partial charge on any atom is -0.392 e. The highest BCUT2D eigenvalue weighted by atomic mass is 32.1. The van der Waals surface area contributed by atoms with Crippen LogP contribution in [0.4, 0.5) is 0 Å². The van der Waals surface area contributed by atoms with Crippen LogP contribution < -0.4 is 5.32 Å². The number of piperidine rings is 1. The largest absolute Gasteiger partial charge is 0.392 e. The average molecular weight is 268 g/mol. The van der Waals surface area contributed by atoms with Gasteiger partial charge in [-0.2, -0.15) is 0 Å². The molecule has 1 atom stereocenters. The lowest BCUT2D eigenvalue weighted by molar-refractivity contribution is -0.123. The number of nitrogens with one attached hydrogen (secondary N) is 1. The standard InChI is InChI=1S/C13H20N2O2S/c1-10-4-6-18-12(10)7-14-13(17)9-15-5-2-3-11(16)8-15/h4,6,11,16H,2-3,5,7-9H2,1H3,(H,14,17). The van der Waals surface area contributed by atoms with Gasteiger partial charge in [0.15, 0.2) is 0 Å². The molecular weight excluding hydrogens is 248 g/mol. The number of aliphatic hydroxyl groups is 1. The molecule has 100 valence electrons. The number of hydrogen-bond acceptors (Lipinski definition) is 4. The molecule has 0 saturated carbocycles. The second-order valence-electron chi connectivity index (χ2n) is 4.83. The summed E-state index contributed by atoms with van der Waals surface area (Å²) in [4.78, 5) is 15.0. The molecule has 1 amide bonds. The molecule has 0 radical (unpaired) electrons. The number of carbonyl (C=O) groups is 1. The Labute approximate surface area is 112 Å². The van der Waals surface area contributed by atoms with Crippen LogP contribution in [0.15, 0.2) is 11.4 Å². The summed E-state index contributed by atoms with van der Waals surface area (Å²) in [6.07, 6.45) is 1.55. The van der Waals surface area contributed by atoms with Crippen molar-refractivity contribution in [3.8, 4) is 0 Å². The molecule has 18 heavy (non-hydrogen) atoms. The van der Waals surface area contributed by atoms with Crippen molar-refractivity contribution < 1.29 is 9.90 Å². The molecule has 5 heteroatoms. The summed E-state index contributed by atoms with van der Waals surface area (Å²) in [5, 5.41) is 14.5. The summed E-state index contributed by atoms with van der Waals surface area (Å²) >= 11 is 1.67. The number of carbonyl (C=O) groups excluding carboxylic acids is 1. The van der Waals surface area contributed by atoms with E-state index in [4.69, 9.17) is 0 Å². The van der Waals surface area contributed by atoms with Crippen LogP contribution in [-0.4, -0.2) is 41.7 Å². The van der Waals surface area contributed by atoms with E-state index in [-0.39, 0.29) is 12.0 Å². The number of rotatable bonds is 4. The SMILES string of the molecule is Cc1ccsc1CNC(=O)CN1CCCC(O)C1. The van der Waals surface area contributed by atoms with E-state index in [2.05, 4.69) is 18.3 Å². The maximum absolute atomic E-state index is 11.8. The van der Waals surface area contributed by atoms with E-state index in [1.54, 1.807) is 11.3 Å². The Kier molecular flexibility index (Phi) is 4.74. The summed E-state index contributed by atoms with van der Waals surface area (Å²) in [7, 11) is 0. The normalized spacial score (nSPS) is 20.9. The van der Waals surface area contributed by atoms with E-state index in [0.29, 0.717) is 19.6 Å². The Morgan fingerprint density at radius 1 is 1.67 bits per heavy atom. The summed E-state index contributed by atoms with van der Waals surface area (Å²) in [5.74, 6) is 0.0388. The lowest BCUT2D eigenvalue weighted by atomic mass is 10.1. The highest BCUT2D eigenvalue weighted by Crippen LogP contribution is 2.15. The number of hydrogen-bond donors (Lipinski definition) is 2. The van der Waals surface area contributed by atoms with Crippen LogP contribution in [-0.2, 0) is 11.3 Å². The van der Waals surface area contributed by atoms with E-state index < -0.39 is 0 Å². The zero-order chi connectivity index (χ0) is 13.0. The number of likely N-dealkylation sites (tertiary alicyclic amines) is 1. The molecule has 1 aromatic heterocycles. The van der Waals surface area contributed by atoms with Gasteiger partial charge in [-0.3, -0.25) is 9.69 Å². The van der Waals surface area contributed by atoms with Gasteiger partial charge in [-0.15, -0.1) is 11.3 Å². The Balaban J connectivity index is 1.73. The monoisotopic (exact) mass is 268 g/mol. The highest BCUT2D eigenvalue weighted by Gasteiger charge is 2.19. The maximum atomic E-state index is 11.8. The predicted octanol–water partition coefficient (Wildman–Crippen LogP) is 1.13. The van der Waals surface area contributed by atoms with E-state index >= 15 is 0 Å². The van der Waals surface area contributed by atoms with E-state index in [9.17, 15) is 9.90 Å². The first-order valence-electron chi connectivity index (χ1n) is 6.35. The van der Waals surface area contributed by atoms with Crippen molar-refractivity contribution >= 4 is 17.2 Å². The smallest absolute Gasteiger partial charge is 0.234 e. The first kappa shape index (κ1) is 13.5. The van der Waals surface area contributed by atoms with Gasteiger partial charge in [-0.1, -0.05) is 0 Å². The molecule has 4 nitrogen and oxygen atoms in total. The quantitative estimate of drug-likeness (QED) is 0.860. The van der Waals surface area contributed by atoms with Crippen LogP contribution in [0.5, 0.6) is 0 Å². The predicted molar refractivity (Wildman–Crippen MR) is 72.6 cm³/mol. The molecule has 1 aromatic rings. The molecule has 2 heterocycles. The summed E-state index contributed by atoms with van der Waals surface area (Å²) in [6, 6.07) is 2.06. The summed E-state index contributed by atoms with van der Waals surface area (Å²) < 4.78 is 0. The molecule has 1 fully saturated rings. The van der Waals surface area contributed by atoms with Crippen molar-refractivity contribution in [1.29, 1.82) is 0 Å². The molecule has 0 spiro atoms. The Bertz CT molecular complexity index is 405. The van der Waals surface area contributed by atoms with Gasteiger partial charge in [0.05, 0.1) is 19.2 Å². The van der Waals surface area contributed by atoms with E-state index in [1.807, 2.05) is 10.3 Å². The minimum absolute atomic E-state index is 0.0388. The van der Waals surface area contributed by atoms with Crippen molar-refractivity contribution in [2.24, 2.45) is 0 Å². The fourth-order valence-electron chi connectivity index (χ4n) is 2.20. The Hall–Kier alpha value is -0.910. The minimum atomic E-state index is -0.272. The first-order chi connectivity index (χ1) is 8.65. The van der Waals surface area contributed by atoms with Crippen LogP contribution in [0.25, 0.3) is 0 Å². The Morgan fingerprint density at radius 2 is 2.50 bits per heavy atom. The van der Waals surface area contributed by atoms with Crippen molar-refractivity contribution in [3.63, 3.8) is 0 Å². The average Bonchev–Trinajstić information content (AvgIpc) is 2.72. The highest BCUT2D eigenvalue weighted by molar-refractivity contribution is 7.10. The molecule has 2 rings (SSSR count). The lowest BCUT2D eigenvalue weighted by Gasteiger charge is -2.29. The van der Waals surface area contributed by atoms with Crippen LogP contribution in [0.2, 0.25) is 0 Å². The number of aliphatic hydroxyl groups excluding tert-OH is 1. The number of thiophene rings is 1. The fourth-order valence-corrected chi connectivity index (χ4v) is 3.04. The van der Waals surface area contributed by atoms with Crippen molar-refractivity contribution in [3.05, 3.63) is 21.9 Å². The second kappa shape index (κ2) is 6.31. The van der Waals surface area contributed by atoms with Gasteiger partial charge in [-0.05, 0) is 43.3 Å². The van der Waals surface area contributed by atoms with E-state index in [0.717, 1.165) is 19.4 Å². The Morgan fingerprint density at radius 3 is 3.17 bits per heavy atom. The van der Waals surface area contributed by atoms with Crippen molar-refractivity contribution in [2.45, 2.75) is 32.4 Å². The summed E-state index contributed by atoms with van der Waals surface area (Å²) in [6.45, 7) is 4.58. The van der Waals surface area contributed by atoms with Gasteiger partial charge in [0.1, 0.15) is 0 Å². The number of amides is 1. The van der Waals surface area contributed by atoms with Crippen molar-refractivity contribution in [2.75, 3.05) is 19.6 Å². The van der Waals surface area contributed by atoms with Crippen LogP contribution in [0.1, 0.15) is 23.3 Å². The number of aryl methyl sites for hydroxylation is 1. The molecular formula is C13H20N2O2S. The van der Waals surface area contributed by atoms with Gasteiger partial charge >= 0.3 is 0 Å². The summed E-state index contributed by atoms with van der Waals surface area (Å²) in [5.41, 5.74) is 1.23. The van der Waals surface area contributed by atoms with Gasteiger partial charge in [0.2, 0.25) is 5.91 Å². The topological polar surface area (TPSA) is 52.6 Å². The third kappa shape index (κ3) is 3.80. The van der Waals surface area contributed by atoms with Gasteiger partial charge in [0.25, 0.3) is 0 Å². The lowest BCUT2D eigenvalue weighted by Crippen LogP contribution is -2.44.